The number of nitrogens with zero attached hydrogens (tertiary/aromatic N) is 1. The molecule has 0 radical (unpaired) electrons. The molecule has 5 aromatic carbocycles. The van der Waals surface area contributed by atoms with Crippen molar-refractivity contribution in [3.05, 3.63) is 115 Å². The minimum atomic E-state index is 1.04. The van der Waals surface area contributed by atoms with E-state index in [-0.39, 0.29) is 0 Å². The molecular weight excluding hydrogens is 374 g/mol. The number of fused-ring (bicyclic) bond motifs is 4. The van der Waals surface area contributed by atoms with Crippen LogP contribution in [0.4, 0.5) is 0 Å². The smallest absolute Gasteiger partial charge is 0.0799 e. The Morgan fingerprint density at radius 2 is 1.19 bits per heavy atom. The summed E-state index contributed by atoms with van der Waals surface area (Å²) in [6.07, 6.45) is 1.94. The van der Waals surface area contributed by atoms with E-state index in [4.69, 9.17) is 4.98 Å². The summed E-state index contributed by atoms with van der Waals surface area (Å²) in [6, 6.07) is 37.0. The van der Waals surface area contributed by atoms with Crippen molar-refractivity contribution in [2.24, 2.45) is 0 Å². The fourth-order valence-corrected chi connectivity index (χ4v) is 4.64. The van der Waals surface area contributed by atoms with Crippen LogP contribution in [-0.4, -0.2) is 4.98 Å². The highest BCUT2D eigenvalue weighted by molar-refractivity contribution is 6.17. The zero-order valence-corrected chi connectivity index (χ0v) is 17.3. The van der Waals surface area contributed by atoms with Crippen molar-refractivity contribution in [3.63, 3.8) is 0 Å². The second kappa shape index (κ2) is 7.07. The minimum Gasteiger partial charge on any atom is -0.256 e. The van der Waals surface area contributed by atoms with E-state index in [0.29, 0.717) is 0 Å². The Hall–Kier alpha value is -3.97. The molecule has 0 aliphatic rings. The zero-order valence-electron chi connectivity index (χ0n) is 17.3. The van der Waals surface area contributed by atoms with Gasteiger partial charge in [-0.05, 0) is 51.0 Å². The normalized spacial score (nSPS) is 11.4. The summed E-state index contributed by atoms with van der Waals surface area (Å²) < 4.78 is 0. The maximum Gasteiger partial charge on any atom is 0.0799 e. The lowest BCUT2D eigenvalue weighted by molar-refractivity contribution is 1.37. The highest BCUT2D eigenvalue weighted by atomic mass is 14.7. The molecular formula is C30H21N. The van der Waals surface area contributed by atoms with Crippen LogP contribution in [0.3, 0.4) is 0 Å². The standard InChI is InChI=1S/C30H21N/c1-20-10-12-23(13-11-20)27-17-16-22-7-3-5-9-26(22)29(27)30-28-24(18-19-31-30)15-14-21-6-2-4-8-25(21)28/h2-19H,1H3. The van der Waals surface area contributed by atoms with Gasteiger partial charge in [-0.2, -0.15) is 0 Å². The zero-order chi connectivity index (χ0) is 20.8. The molecule has 0 atom stereocenters. The van der Waals surface area contributed by atoms with E-state index in [1.807, 2.05) is 6.20 Å². The quantitative estimate of drug-likeness (QED) is 0.269. The van der Waals surface area contributed by atoms with Crippen LogP contribution in [0, 0.1) is 6.92 Å². The third kappa shape index (κ3) is 2.90. The van der Waals surface area contributed by atoms with Gasteiger partial charge in [-0.15, -0.1) is 0 Å². The van der Waals surface area contributed by atoms with Crippen LogP contribution in [0.5, 0.6) is 0 Å². The van der Waals surface area contributed by atoms with Crippen molar-refractivity contribution in [1.82, 2.24) is 4.98 Å². The first kappa shape index (κ1) is 17.9. The second-order valence-corrected chi connectivity index (χ2v) is 8.12. The van der Waals surface area contributed by atoms with E-state index in [2.05, 4.69) is 110 Å². The van der Waals surface area contributed by atoms with Gasteiger partial charge < -0.3 is 0 Å². The topological polar surface area (TPSA) is 12.9 Å². The highest BCUT2D eigenvalue weighted by Gasteiger charge is 2.17. The van der Waals surface area contributed by atoms with E-state index in [1.165, 1.54) is 54.6 Å². The number of benzene rings is 5. The number of hydrogen-bond donors (Lipinski definition) is 0. The van der Waals surface area contributed by atoms with Gasteiger partial charge in [-0.25, -0.2) is 0 Å². The maximum atomic E-state index is 4.98. The summed E-state index contributed by atoms with van der Waals surface area (Å²) in [5, 5.41) is 7.37. The number of hydrogen-bond acceptors (Lipinski definition) is 1. The molecule has 0 amide bonds. The molecule has 1 heteroatoms. The largest absolute Gasteiger partial charge is 0.256 e. The molecule has 146 valence electrons. The van der Waals surface area contributed by atoms with Gasteiger partial charge in [0.1, 0.15) is 0 Å². The van der Waals surface area contributed by atoms with Gasteiger partial charge >= 0.3 is 0 Å². The van der Waals surface area contributed by atoms with Gasteiger partial charge in [-0.3, -0.25) is 4.98 Å². The van der Waals surface area contributed by atoms with E-state index in [9.17, 15) is 0 Å². The third-order valence-corrected chi connectivity index (χ3v) is 6.18. The second-order valence-electron chi connectivity index (χ2n) is 8.12. The van der Waals surface area contributed by atoms with Crippen molar-refractivity contribution >= 4 is 32.3 Å². The molecule has 0 aliphatic carbocycles. The van der Waals surface area contributed by atoms with E-state index in [1.54, 1.807) is 0 Å². The predicted molar refractivity (Wildman–Crippen MR) is 132 cm³/mol. The Balaban J connectivity index is 1.80. The molecule has 31 heavy (non-hydrogen) atoms. The Morgan fingerprint density at radius 3 is 2.00 bits per heavy atom. The summed E-state index contributed by atoms with van der Waals surface area (Å²) in [4.78, 5) is 4.98. The van der Waals surface area contributed by atoms with E-state index >= 15 is 0 Å². The van der Waals surface area contributed by atoms with Crippen molar-refractivity contribution < 1.29 is 0 Å². The van der Waals surface area contributed by atoms with Crippen molar-refractivity contribution in [1.29, 1.82) is 0 Å². The first-order valence-electron chi connectivity index (χ1n) is 10.7. The van der Waals surface area contributed by atoms with Crippen LogP contribution >= 0.6 is 0 Å². The molecule has 6 aromatic rings. The van der Waals surface area contributed by atoms with Gasteiger partial charge in [0.2, 0.25) is 0 Å². The lowest BCUT2D eigenvalue weighted by Gasteiger charge is -2.16. The molecule has 1 nitrogen and oxygen atoms in total. The molecule has 1 heterocycles. The number of aryl methyl sites for hydroxylation is 1. The maximum absolute atomic E-state index is 4.98. The molecule has 0 spiro atoms. The van der Waals surface area contributed by atoms with E-state index < -0.39 is 0 Å². The molecule has 0 saturated heterocycles. The van der Waals surface area contributed by atoms with Crippen molar-refractivity contribution in [2.45, 2.75) is 6.92 Å². The Morgan fingerprint density at radius 1 is 0.548 bits per heavy atom. The first-order valence-corrected chi connectivity index (χ1v) is 10.7. The summed E-state index contributed by atoms with van der Waals surface area (Å²) >= 11 is 0. The number of aromatic nitrogens is 1. The van der Waals surface area contributed by atoms with Crippen LogP contribution in [0.25, 0.3) is 54.7 Å². The Kier molecular flexibility index (Phi) is 4.07. The molecule has 1 aromatic heterocycles. The molecule has 0 fully saturated rings. The molecule has 0 aliphatic heterocycles. The van der Waals surface area contributed by atoms with Gasteiger partial charge in [-0.1, -0.05) is 103 Å². The highest BCUT2D eigenvalue weighted by Crippen LogP contribution is 2.41. The molecule has 0 unspecified atom stereocenters. The number of pyridine rings is 1. The lowest BCUT2D eigenvalue weighted by Crippen LogP contribution is -1.93. The van der Waals surface area contributed by atoms with Crippen LogP contribution in [0.15, 0.2) is 109 Å². The monoisotopic (exact) mass is 395 g/mol. The van der Waals surface area contributed by atoms with Crippen molar-refractivity contribution in [2.75, 3.05) is 0 Å². The Bertz CT molecular complexity index is 1580. The molecule has 0 N–H and O–H groups in total. The predicted octanol–water partition coefficient (Wildman–Crippen LogP) is 8.18. The van der Waals surface area contributed by atoms with Crippen LogP contribution in [-0.2, 0) is 0 Å². The van der Waals surface area contributed by atoms with Crippen LogP contribution in [0.2, 0.25) is 0 Å². The lowest BCUT2D eigenvalue weighted by atomic mass is 9.89. The fraction of sp³-hybridized carbons (Fsp3) is 0.0333. The molecule has 6 rings (SSSR count). The van der Waals surface area contributed by atoms with Gasteiger partial charge in [0.15, 0.2) is 0 Å². The SMILES string of the molecule is Cc1ccc(-c2ccc3ccccc3c2-c2nccc3ccc4ccccc4c23)cc1. The summed E-state index contributed by atoms with van der Waals surface area (Å²) in [7, 11) is 0. The average molecular weight is 396 g/mol. The Labute approximate surface area is 181 Å². The van der Waals surface area contributed by atoms with E-state index in [0.717, 1.165) is 5.69 Å². The summed E-state index contributed by atoms with van der Waals surface area (Å²) in [5.41, 5.74) is 5.93. The van der Waals surface area contributed by atoms with Gasteiger partial charge in [0.05, 0.1) is 5.69 Å². The van der Waals surface area contributed by atoms with Crippen molar-refractivity contribution in [3.8, 4) is 22.4 Å². The van der Waals surface area contributed by atoms with Crippen LogP contribution < -0.4 is 0 Å². The minimum absolute atomic E-state index is 1.04. The molecule has 0 bridgehead atoms. The third-order valence-electron chi connectivity index (χ3n) is 6.18. The van der Waals surface area contributed by atoms with Crippen LogP contribution in [0.1, 0.15) is 5.56 Å². The summed E-state index contributed by atoms with van der Waals surface area (Å²) in [6.45, 7) is 2.13. The van der Waals surface area contributed by atoms with Gasteiger partial charge in [0, 0.05) is 17.1 Å². The average Bonchev–Trinajstić information content (AvgIpc) is 2.83. The molecule has 0 saturated carbocycles. The first-order chi connectivity index (χ1) is 15.3. The number of rotatable bonds is 2. The van der Waals surface area contributed by atoms with Gasteiger partial charge in [0.25, 0.3) is 0 Å². The fourth-order valence-electron chi connectivity index (χ4n) is 4.64. The summed E-state index contributed by atoms with van der Waals surface area (Å²) in [5.74, 6) is 0.